The Morgan fingerprint density at radius 1 is 0.388 bits per heavy atom. The Morgan fingerprint density at radius 2 is 0.698 bits per heavy atom. The fraction of sp³-hybridized carbons (Fsp3) is 0.548. The molecule has 0 aromatic heterocycles. The highest BCUT2D eigenvalue weighted by Crippen LogP contribution is 2.22. The van der Waals surface area contributed by atoms with E-state index in [9.17, 15) is 111 Å². The molecule has 0 spiro atoms. The fourth-order valence-electron chi connectivity index (χ4n) is 13.5. The number of likely N-dealkylation sites (tertiary alicyclic amines) is 1. The summed E-state index contributed by atoms with van der Waals surface area (Å²) in [5.74, 6) is -22.6. The summed E-state index contributed by atoms with van der Waals surface area (Å²) < 4.78 is 0. The fourth-order valence-corrected chi connectivity index (χ4v) is 14.4. The smallest absolute Gasteiger partial charge is 0.326 e. The summed E-state index contributed by atoms with van der Waals surface area (Å²) in [7, 11) is 0. The van der Waals surface area contributed by atoms with E-state index in [-0.39, 0.29) is 70.1 Å². The summed E-state index contributed by atoms with van der Waals surface area (Å²) in [5.41, 5.74) is 29.3. The van der Waals surface area contributed by atoms with E-state index in [0.717, 1.165) is 0 Å². The lowest BCUT2D eigenvalue weighted by atomic mass is 9.96. The number of amides is 19. The minimum atomic E-state index is -2.02. The molecule has 1 aliphatic rings. The predicted molar refractivity (Wildman–Crippen MR) is 473 cm³/mol. The number of benzene rings is 3. The molecule has 1 heterocycles. The van der Waals surface area contributed by atoms with Gasteiger partial charge in [0, 0.05) is 25.8 Å². The van der Waals surface area contributed by atoms with E-state index in [1.54, 1.807) is 110 Å². The van der Waals surface area contributed by atoms with Gasteiger partial charge >= 0.3 is 5.97 Å². The van der Waals surface area contributed by atoms with Gasteiger partial charge in [-0.05, 0) is 98.0 Å². The van der Waals surface area contributed by atoms with Crippen molar-refractivity contribution in [2.75, 3.05) is 37.2 Å². The second kappa shape index (κ2) is 55.4. The third kappa shape index (κ3) is 36.7. The van der Waals surface area contributed by atoms with Crippen LogP contribution in [0.1, 0.15) is 136 Å². The maximum absolute atomic E-state index is 14.9. The monoisotopic (exact) mass is 1840 g/mol. The number of aliphatic carboxylic acids is 1. The first-order valence-corrected chi connectivity index (χ1v) is 44.9. The lowest BCUT2D eigenvalue weighted by molar-refractivity contribution is -0.143. The van der Waals surface area contributed by atoms with Crippen LogP contribution in [0, 0.1) is 11.8 Å². The van der Waals surface area contributed by atoms with Crippen LogP contribution in [0.25, 0.3) is 0 Å². The van der Waals surface area contributed by atoms with Gasteiger partial charge in [0.1, 0.15) is 96.7 Å². The first-order valence-electron chi connectivity index (χ1n) is 42.1. The van der Waals surface area contributed by atoms with Crippen LogP contribution in [-0.4, -0.2) is 278 Å². The number of aliphatic hydroxyl groups is 2. The van der Waals surface area contributed by atoms with Crippen molar-refractivity contribution in [3.05, 3.63) is 108 Å². The molecule has 4 rings (SSSR count). The number of rotatable bonds is 57. The number of primary amides is 4. The van der Waals surface area contributed by atoms with Gasteiger partial charge < -0.3 is 123 Å². The third-order valence-electron chi connectivity index (χ3n) is 20.9. The molecule has 0 radical (unpaired) electrons. The SMILES string of the molecule is CC[C@H](NC(=O)[C@H](Cc1ccccc1)NC(=O)[C@H](CCSC)NC(=O)[C@H](Cc1ccccc1)NC(=O)[C@@H]1CCCN1C(=O)[C@H](CCSC)NC(=O)[C@@H](NC(=O)[C@@H](N)CO)[C@@H](C)O)C(=O)N[C@@H](CC(N)=O)C(=O)N[C@H](C(=O)N[C@@H](CC(N)=O)C(=O)N[C@@H](CC(N)=O)C(=O)N[C@H](C(=O)N[C@@H](CC)C(=O)N[C@@H](CC(N)=O)C(=O)N[C@@H](Cc1ccccc1)C(=O)O)C(C)C)[C@@H](C)CC. The number of thioether (sulfide) groups is 2. The van der Waals surface area contributed by atoms with Crippen molar-refractivity contribution >= 4 is 142 Å². The molecule has 0 saturated carbocycles. The van der Waals surface area contributed by atoms with Gasteiger partial charge in [-0.25, -0.2) is 4.79 Å². The average Bonchev–Trinajstić information content (AvgIpc) is 1.28. The third-order valence-corrected chi connectivity index (χ3v) is 22.2. The number of nitrogens with one attached hydrogen (secondary N) is 14. The van der Waals surface area contributed by atoms with Gasteiger partial charge in [0.15, 0.2) is 0 Å². The Bertz CT molecular complexity index is 4370. The first kappa shape index (κ1) is 109. The van der Waals surface area contributed by atoms with E-state index >= 15 is 0 Å². The average molecular weight is 1850 g/mol. The molecule has 18 atom stereocenters. The summed E-state index contributed by atoms with van der Waals surface area (Å²) >= 11 is 2.66. The van der Waals surface area contributed by atoms with Crippen molar-refractivity contribution < 1.29 is 111 Å². The van der Waals surface area contributed by atoms with Crippen molar-refractivity contribution in [1.82, 2.24) is 79.3 Å². The molecule has 710 valence electrons. The van der Waals surface area contributed by atoms with Crippen molar-refractivity contribution in [3.8, 4) is 0 Å². The summed E-state index contributed by atoms with van der Waals surface area (Å²) in [5, 5.41) is 64.4. The number of carbonyl (C=O) groups excluding carboxylic acids is 19. The first-order chi connectivity index (χ1) is 61.0. The number of hydrogen-bond acceptors (Lipinski definition) is 25. The summed E-state index contributed by atoms with van der Waals surface area (Å²) in [6.45, 7) is 9.39. The minimum absolute atomic E-state index is 0.0466. The quantitative estimate of drug-likeness (QED) is 0.0250. The van der Waals surface area contributed by atoms with E-state index in [4.69, 9.17) is 28.7 Å². The highest BCUT2D eigenvalue weighted by atomic mass is 32.2. The van der Waals surface area contributed by atoms with Gasteiger partial charge in [-0.15, -0.1) is 0 Å². The molecule has 3 aromatic rings. The molecule has 0 aliphatic carbocycles. The highest BCUT2D eigenvalue weighted by molar-refractivity contribution is 7.98. The van der Waals surface area contributed by atoms with Crippen LogP contribution in [0.15, 0.2) is 91.0 Å². The van der Waals surface area contributed by atoms with Crippen LogP contribution in [0.4, 0.5) is 0 Å². The summed E-state index contributed by atoms with van der Waals surface area (Å²) in [6, 6.07) is -0.442. The van der Waals surface area contributed by atoms with Crippen molar-refractivity contribution in [3.63, 3.8) is 0 Å². The van der Waals surface area contributed by atoms with E-state index in [1.807, 2.05) is 0 Å². The van der Waals surface area contributed by atoms with Crippen LogP contribution in [-0.2, 0) is 115 Å². The molecule has 1 saturated heterocycles. The number of aliphatic hydroxyl groups excluding tert-OH is 2. The number of hydrogen-bond donors (Lipinski definition) is 22. The number of nitrogens with two attached hydrogens (primary N) is 5. The normalized spacial score (nSPS) is 16.3. The lowest BCUT2D eigenvalue weighted by Crippen LogP contribution is -2.62. The molecule has 1 fully saturated rings. The Kier molecular flexibility index (Phi) is 46.8. The highest BCUT2D eigenvalue weighted by Gasteiger charge is 2.43. The molecule has 45 heteroatoms. The van der Waals surface area contributed by atoms with E-state index in [1.165, 1.54) is 70.0 Å². The van der Waals surface area contributed by atoms with Gasteiger partial charge in [-0.2, -0.15) is 23.5 Å². The van der Waals surface area contributed by atoms with Crippen molar-refractivity contribution in [1.29, 1.82) is 0 Å². The van der Waals surface area contributed by atoms with Crippen LogP contribution in [0.2, 0.25) is 0 Å². The zero-order valence-electron chi connectivity index (χ0n) is 73.5. The van der Waals surface area contributed by atoms with E-state index in [0.29, 0.717) is 28.9 Å². The molecule has 3 aromatic carbocycles. The maximum atomic E-state index is 14.9. The van der Waals surface area contributed by atoms with Gasteiger partial charge in [-0.3, -0.25) is 91.1 Å². The number of nitrogens with zero attached hydrogens (tertiary/aromatic N) is 1. The molecule has 129 heavy (non-hydrogen) atoms. The molecule has 1 aliphatic heterocycles. The van der Waals surface area contributed by atoms with Crippen LogP contribution in [0.3, 0.4) is 0 Å². The van der Waals surface area contributed by atoms with Crippen LogP contribution < -0.4 is 103 Å². The number of carbonyl (C=O) groups is 20. The Morgan fingerprint density at radius 3 is 1.09 bits per heavy atom. The number of carboxylic acid groups (broad SMARTS) is 1. The molecule has 0 bridgehead atoms. The Hall–Kier alpha value is -12.4. The minimum Gasteiger partial charge on any atom is -0.480 e. The van der Waals surface area contributed by atoms with Crippen molar-refractivity contribution in [2.24, 2.45) is 40.5 Å². The molecular formula is C84H124N20O23S2. The molecule has 0 unspecified atom stereocenters. The second-order valence-electron chi connectivity index (χ2n) is 31.4. The predicted octanol–water partition coefficient (Wildman–Crippen LogP) is -6.19. The molecule has 43 nitrogen and oxygen atoms in total. The van der Waals surface area contributed by atoms with E-state index in [2.05, 4.69) is 74.4 Å². The topological polar surface area (TPSA) is 704 Å². The largest absolute Gasteiger partial charge is 0.480 e. The van der Waals surface area contributed by atoms with Gasteiger partial charge in [0.2, 0.25) is 112 Å². The van der Waals surface area contributed by atoms with Crippen LogP contribution in [0.5, 0.6) is 0 Å². The van der Waals surface area contributed by atoms with Crippen molar-refractivity contribution in [2.45, 2.75) is 241 Å². The molecule has 27 N–H and O–H groups in total. The van der Waals surface area contributed by atoms with E-state index < -0.39 is 265 Å². The van der Waals surface area contributed by atoms with Gasteiger partial charge in [0.25, 0.3) is 0 Å². The Balaban J connectivity index is 1.56. The Labute approximate surface area is 755 Å². The van der Waals surface area contributed by atoms with Gasteiger partial charge in [0.05, 0.1) is 38.4 Å². The molecular weight excluding hydrogens is 1720 g/mol. The number of carboxylic acids is 1. The standard InChI is InChI=1S/C84H124N20O23S2/c1-10-44(6)67(81(123)99-57(39-63(87)108)75(117)97-58(40-64(88)109)77(119)101-66(43(4)5)80(122)91-51(12-3)71(113)95-56(38-62(86)107)76(118)100-60(84(126)127)37-48-27-20-15-21-28-48)102-78(120)59(41-65(89)110)96-70(112)50(11-2)90-73(115)54(35-46-23-16-13-17-24-46)94-72(114)52(30-33-128-8)92-74(116)55(36-47-25-18-14-19-26-47)98-79(121)61-29-22-32-104(61)83(125)53(31-34-129-9)93-82(124)68(45(7)106)103-69(111)49(85)42-105/h13-21,23-28,43-45,49-61,66-68,105-106H,10-12,22,29-42,85H2,1-9H3,(H2,86,107)(H2,87,108)(H2,88,109)(H2,89,110)(H,90,115)(H,91,122)(H,92,116)(H,93,124)(H,94,114)(H,95,113)(H,96,112)(H,97,117)(H,98,121)(H,99,123)(H,100,118)(H,101,119)(H,102,120)(H,103,111)(H,126,127)/t44-,45+,49-,50-,51-,52-,53-,54-,55-,56-,57-,58-,59-,60-,61-,66-,67-,68-/m0/s1. The van der Waals surface area contributed by atoms with Gasteiger partial charge in [-0.1, -0.05) is 139 Å². The second-order valence-corrected chi connectivity index (χ2v) is 33.4. The zero-order chi connectivity index (χ0) is 96.5. The summed E-state index contributed by atoms with van der Waals surface area (Å²) in [4.78, 5) is 277. The summed E-state index contributed by atoms with van der Waals surface area (Å²) in [6.07, 6.45) is -2.14. The lowest BCUT2D eigenvalue weighted by Gasteiger charge is -2.31. The molecule has 19 amide bonds. The maximum Gasteiger partial charge on any atom is 0.326 e. The van der Waals surface area contributed by atoms with Crippen LogP contribution >= 0.6 is 23.5 Å². The zero-order valence-corrected chi connectivity index (χ0v) is 75.1.